The molecule has 0 bridgehead atoms. The highest BCUT2D eigenvalue weighted by Gasteiger charge is 2.28. The van der Waals surface area contributed by atoms with E-state index < -0.39 is 0 Å². The molecule has 1 aromatic heterocycles. The monoisotopic (exact) mass is 325 g/mol. The van der Waals surface area contributed by atoms with Crippen molar-refractivity contribution in [3.05, 3.63) is 47.7 Å². The number of carbonyl (C=O) groups is 1. The molecule has 0 spiro atoms. The number of aromatic nitrogens is 2. The number of carbonyl (C=O) groups excluding carboxylic acids is 1. The lowest BCUT2D eigenvalue weighted by atomic mass is 9.96. The number of nitrogens with zero attached hydrogens (tertiary/aromatic N) is 2. The van der Waals surface area contributed by atoms with E-state index in [-0.39, 0.29) is 11.5 Å². The van der Waals surface area contributed by atoms with Crippen molar-refractivity contribution >= 4 is 5.91 Å². The Bertz CT molecular complexity index is 690. The molecule has 126 valence electrons. The lowest BCUT2D eigenvalue weighted by Crippen LogP contribution is -2.44. The number of hydrogen-bond acceptors (Lipinski definition) is 4. The largest absolute Gasteiger partial charge is 0.373 e. The van der Waals surface area contributed by atoms with Gasteiger partial charge in [-0.1, -0.05) is 12.1 Å². The van der Waals surface area contributed by atoms with Crippen LogP contribution in [0, 0.1) is 6.92 Å². The van der Waals surface area contributed by atoms with Gasteiger partial charge in [0.25, 0.3) is 5.91 Å². The van der Waals surface area contributed by atoms with Gasteiger partial charge in [0.1, 0.15) is 0 Å². The zero-order valence-electron chi connectivity index (χ0n) is 14.2. The minimum absolute atomic E-state index is 0.0769. The van der Waals surface area contributed by atoms with E-state index in [2.05, 4.69) is 22.4 Å². The van der Waals surface area contributed by atoms with Gasteiger partial charge in [0.2, 0.25) is 0 Å². The molecule has 5 nitrogen and oxygen atoms in total. The minimum atomic E-state index is -0.245. The van der Waals surface area contributed by atoms with Gasteiger partial charge in [-0.2, -0.15) is 10.2 Å². The zero-order valence-corrected chi connectivity index (χ0v) is 14.2. The Morgan fingerprint density at radius 2 is 1.96 bits per heavy atom. The van der Waals surface area contributed by atoms with Gasteiger partial charge in [-0.3, -0.25) is 4.79 Å². The van der Waals surface area contributed by atoms with Crippen molar-refractivity contribution in [1.82, 2.24) is 15.5 Å². The molecular weight excluding hydrogens is 302 g/mol. The summed E-state index contributed by atoms with van der Waals surface area (Å²) in [4.78, 5) is 12.3. The molecule has 2 aromatic rings. The summed E-state index contributed by atoms with van der Waals surface area (Å²) in [6, 6.07) is 11.3. The Labute approximate surface area is 142 Å². The third-order valence-corrected chi connectivity index (χ3v) is 4.41. The average molecular weight is 325 g/mol. The van der Waals surface area contributed by atoms with Crippen LogP contribution in [0.2, 0.25) is 0 Å². The van der Waals surface area contributed by atoms with E-state index in [0.29, 0.717) is 12.1 Å². The minimum Gasteiger partial charge on any atom is -0.373 e. The summed E-state index contributed by atoms with van der Waals surface area (Å²) >= 11 is 0. The molecule has 1 N–H and O–H groups in total. The number of ether oxygens (including phenoxy) is 1. The second-order valence-corrected chi connectivity index (χ2v) is 6.58. The smallest absolute Gasteiger partial charge is 0.251 e. The fraction of sp³-hybridized carbons (Fsp3) is 0.421. The first kappa shape index (κ1) is 16.6. The van der Waals surface area contributed by atoms with Gasteiger partial charge in [-0.15, -0.1) is 0 Å². The molecule has 1 fully saturated rings. The normalized spacial score (nSPS) is 20.6. The number of aryl methyl sites for hydroxylation is 1. The van der Waals surface area contributed by atoms with Crippen molar-refractivity contribution < 1.29 is 9.53 Å². The van der Waals surface area contributed by atoms with Crippen LogP contribution in [-0.2, 0) is 4.74 Å². The van der Waals surface area contributed by atoms with E-state index in [9.17, 15) is 4.79 Å². The predicted molar refractivity (Wildman–Crippen MR) is 92.7 cm³/mol. The summed E-state index contributed by atoms with van der Waals surface area (Å²) in [5.74, 6) is -0.0769. The summed E-state index contributed by atoms with van der Waals surface area (Å²) in [6.07, 6.45) is 3.24. The fourth-order valence-electron chi connectivity index (χ4n) is 2.85. The van der Waals surface area contributed by atoms with Gasteiger partial charge in [0.15, 0.2) is 0 Å². The summed E-state index contributed by atoms with van der Waals surface area (Å²) in [6.45, 7) is 5.28. The van der Waals surface area contributed by atoms with Gasteiger partial charge in [-0.05, 0) is 57.4 Å². The molecule has 0 aliphatic carbocycles. The van der Waals surface area contributed by atoms with Gasteiger partial charge in [0.05, 0.1) is 17.0 Å². The van der Waals surface area contributed by atoms with Gasteiger partial charge >= 0.3 is 0 Å². The highest BCUT2D eigenvalue weighted by Crippen LogP contribution is 2.23. The molecule has 1 saturated heterocycles. The first-order valence-electron chi connectivity index (χ1n) is 8.39. The molecule has 1 aliphatic heterocycles. The van der Waals surface area contributed by atoms with Crippen LogP contribution in [0.1, 0.15) is 42.2 Å². The van der Waals surface area contributed by atoms with Crippen molar-refractivity contribution in [1.29, 1.82) is 0 Å². The van der Waals surface area contributed by atoms with Gasteiger partial charge in [-0.25, -0.2) is 0 Å². The van der Waals surface area contributed by atoms with Crippen molar-refractivity contribution in [3.8, 4) is 11.3 Å². The molecular formula is C19H23N3O2. The molecule has 1 atom stereocenters. The number of hydrogen-bond donors (Lipinski definition) is 1. The summed E-state index contributed by atoms with van der Waals surface area (Å²) in [7, 11) is 0. The van der Waals surface area contributed by atoms with Crippen molar-refractivity contribution in [2.75, 3.05) is 13.2 Å². The Hall–Kier alpha value is -2.27. The average Bonchev–Trinajstić information content (AvgIpc) is 2.61. The Morgan fingerprint density at radius 3 is 2.58 bits per heavy atom. The van der Waals surface area contributed by atoms with Crippen LogP contribution in [0.3, 0.4) is 0 Å². The molecule has 1 aromatic carbocycles. The van der Waals surface area contributed by atoms with E-state index in [4.69, 9.17) is 4.74 Å². The van der Waals surface area contributed by atoms with Crippen molar-refractivity contribution in [2.24, 2.45) is 0 Å². The third-order valence-electron chi connectivity index (χ3n) is 4.41. The second-order valence-electron chi connectivity index (χ2n) is 6.58. The lowest BCUT2D eigenvalue weighted by molar-refractivity contribution is -0.0618. The highest BCUT2D eigenvalue weighted by atomic mass is 16.5. The van der Waals surface area contributed by atoms with Crippen LogP contribution in [0.15, 0.2) is 36.4 Å². The second kappa shape index (κ2) is 7.09. The van der Waals surface area contributed by atoms with Crippen LogP contribution in [0.4, 0.5) is 0 Å². The SMILES string of the molecule is Cc1ccc(-c2ccc(C(=O)NCC3(C)CCCCO3)cc2)nn1. The standard InChI is InChI=1S/C19H23N3O2/c1-14-5-10-17(22-21-14)15-6-8-16(9-7-15)18(23)20-13-19(2)11-3-4-12-24-19/h5-10H,3-4,11-13H2,1-2H3,(H,20,23). The number of nitrogens with one attached hydrogen (secondary N) is 1. The van der Waals surface area contributed by atoms with E-state index in [1.165, 1.54) is 0 Å². The quantitative estimate of drug-likeness (QED) is 0.938. The molecule has 0 saturated carbocycles. The molecule has 5 heteroatoms. The Kier molecular flexibility index (Phi) is 4.90. The maximum absolute atomic E-state index is 12.3. The summed E-state index contributed by atoms with van der Waals surface area (Å²) in [5.41, 5.74) is 3.02. The van der Waals surface area contributed by atoms with Crippen LogP contribution in [0.5, 0.6) is 0 Å². The van der Waals surface area contributed by atoms with E-state index >= 15 is 0 Å². The molecule has 1 unspecified atom stereocenters. The summed E-state index contributed by atoms with van der Waals surface area (Å²) in [5, 5.41) is 11.2. The molecule has 2 heterocycles. The van der Waals surface area contributed by atoms with Crippen LogP contribution in [-0.4, -0.2) is 34.9 Å². The number of rotatable bonds is 4. The molecule has 24 heavy (non-hydrogen) atoms. The highest BCUT2D eigenvalue weighted by molar-refractivity contribution is 5.94. The predicted octanol–water partition coefficient (Wildman–Crippen LogP) is 3.14. The van der Waals surface area contributed by atoms with E-state index in [1.54, 1.807) is 0 Å². The van der Waals surface area contributed by atoms with Gasteiger partial charge < -0.3 is 10.1 Å². The maximum atomic E-state index is 12.3. The van der Waals surface area contributed by atoms with Crippen LogP contribution < -0.4 is 5.32 Å². The maximum Gasteiger partial charge on any atom is 0.251 e. The Morgan fingerprint density at radius 1 is 1.17 bits per heavy atom. The van der Waals surface area contributed by atoms with Gasteiger partial charge in [0, 0.05) is 24.3 Å². The summed E-state index contributed by atoms with van der Waals surface area (Å²) < 4.78 is 5.81. The molecule has 3 rings (SSSR count). The van der Waals surface area contributed by atoms with E-state index in [0.717, 1.165) is 42.8 Å². The Balaban J connectivity index is 1.62. The molecule has 1 amide bonds. The van der Waals surface area contributed by atoms with Crippen LogP contribution >= 0.6 is 0 Å². The van der Waals surface area contributed by atoms with Crippen molar-refractivity contribution in [2.45, 2.75) is 38.7 Å². The first-order chi connectivity index (χ1) is 11.6. The van der Waals surface area contributed by atoms with Crippen molar-refractivity contribution in [3.63, 3.8) is 0 Å². The third kappa shape index (κ3) is 3.97. The van der Waals surface area contributed by atoms with E-state index in [1.807, 2.05) is 43.3 Å². The number of benzene rings is 1. The number of amides is 1. The lowest BCUT2D eigenvalue weighted by Gasteiger charge is -2.33. The van der Waals surface area contributed by atoms with Crippen LogP contribution in [0.25, 0.3) is 11.3 Å². The zero-order chi connectivity index (χ0) is 17.0. The molecule has 1 aliphatic rings. The topological polar surface area (TPSA) is 64.1 Å². The fourth-order valence-corrected chi connectivity index (χ4v) is 2.85. The molecule has 0 radical (unpaired) electrons. The first-order valence-corrected chi connectivity index (χ1v) is 8.39.